The van der Waals surface area contributed by atoms with E-state index >= 15 is 0 Å². The molecular formula is C30H36N2O4. The smallest absolute Gasteiger partial charge is 0.181 e. The van der Waals surface area contributed by atoms with Crippen LogP contribution in [0.2, 0.25) is 0 Å². The molecule has 2 fully saturated rings. The standard InChI is InChI=1S/C30H36N2O4/c1-27(2)14-18-13-20-25(33)26(34)22(32(4)5)15-29(20)10-11-30(18,36-29)24-9-7-19(28(24,27)3)17-6-8-23-21(12-17)31-16-35-23/h6-8,12-14,16,22,24-26,33-34H,9-11,15H2,1-5H3. The number of likely N-dealkylation sites (N-methyl/N-ethyl adjacent to an activating group) is 1. The minimum atomic E-state index is -0.911. The van der Waals surface area contributed by atoms with E-state index in [4.69, 9.17) is 9.15 Å². The van der Waals surface area contributed by atoms with Gasteiger partial charge in [-0.05, 0) is 79.6 Å². The zero-order valence-electron chi connectivity index (χ0n) is 21.8. The van der Waals surface area contributed by atoms with E-state index < -0.39 is 17.8 Å². The third kappa shape index (κ3) is 2.59. The first-order valence-corrected chi connectivity index (χ1v) is 13.2. The number of oxazole rings is 1. The average Bonchev–Trinajstić information content (AvgIpc) is 3.52. The number of fused-ring (bicyclic) bond motifs is 2. The summed E-state index contributed by atoms with van der Waals surface area (Å²) in [5, 5.41) is 22.2. The number of aliphatic hydroxyl groups excluding tert-OH is 2. The van der Waals surface area contributed by atoms with Crippen molar-refractivity contribution in [2.45, 2.75) is 75.9 Å². The van der Waals surface area contributed by atoms with Crippen LogP contribution in [0, 0.1) is 16.7 Å². The lowest BCUT2D eigenvalue weighted by molar-refractivity contribution is -0.170. The van der Waals surface area contributed by atoms with Crippen molar-refractivity contribution in [3.63, 3.8) is 0 Å². The predicted molar refractivity (Wildman–Crippen MR) is 138 cm³/mol. The minimum Gasteiger partial charge on any atom is -0.443 e. The monoisotopic (exact) mass is 488 g/mol. The molecule has 6 nitrogen and oxygen atoms in total. The molecule has 2 N–H and O–H groups in total. The summed E-state index contributed by atoms with van der Waals surface area (Å²) in [6.45, 7) is 7.08. The molecule has 7 unspecified atom stereocenters. The molecule has 1 saturated carbocycles. The highest BCUT2D eigenvalue weighted by molar-refractivity contribution is 5.82. The highest BCUT2D eigenvalue weighted by Gasteiger charge is 2.70. The number of aliphatic hydroxyl groups is 2. The van der Waals surface area contributed by atoms with Gasteiger partial charge >= 0.3 is 0 Å². The van der Waals surface area contributed by atoms with Gasteiger partial charge in [-0.1, -0.05) is 45.1 Å². The van der Waals surface area contributed by atoms with Crippen LogP contribution in [0.3, 0.4) is 0 Å². The van der Waals surface area contributed by atoms with Crippen LogP contribution in [0.25, 0.3) is 16.7 Å². The maximum atomic E-state index is 11.2. The maximum Gasteiger partial charge on any atom is 0.181 e. The molecule has 2 aliphatic heterocycles. The molecule has 7 rings (SSSR count). The van der Waals surface area contributed by atoms with Crippen LogP contribution in [0.15, 0.2) is 58.4 Å². The molecule has 3 heterocycles. The van der Waals surface area contributed by atoms with E-state index in [1.165, 1.54) is 23.1 Å². The molecule has 2 spiro atoms. The Morgan fingerprint density at radius 2 is 1.92 bits per heavy atom. The lowest BCUT2D eigenvalue weighted by Crippen LogP contribution is -2.63. The van der Waals surface area contributed by atoms with Crippen molar-refractivity contribution in [1.82, 2.24) is 9.88 Å². The van der Waals surface area contributed by atoms with Gasteiger partial charge in [-0.25, -0.2) is 4.98 Å². The SMILES string of the molecule is CN(C)C1CC23CCC4(O2)C(=CC(C)(C)C2(C)C(c5ccc6ocnc6c5)=CCC42)C=C3C(O)C1O. The van der Waals surface area contributed by atoms with E-state index in [1.807, 2.05) is 25.1 Å². The molecule has 3 aliphatic carbocycles. The number of benzene rings is 1. The van der Waals surface area contributed by atoms with Crippen LogP contribution in [0.4, 0.5) is 0 Å². The summed E-state index contributed by atoms with van der Waals surface area (Å²) in [4.78, 5) is 6.44. The Hall–Kier alpha value is -2.25. The van der Waals surface area contributed by atoms with Gasteiger partial charge < -0.3 is 24.3 Å². The van der Waals surface area contributed by atoms with E-state index in [9.17, 15) is 10.2 Å². The molecule has 1 saturated heterocycles. The highest BCUT2D eigenvalue weighted by Crippen LogP contribution is 2.71. The van der Waals surface area contributed by atoms with Crippen molar-refractivity contribution < 1.29 is 19.4 Å². The predicted octanol–water partition coefficient (Wildman–Crippen LogP) is 4.49. The van der Waals surface area contributed by atoms with Crippen molar-refractivity contribution in [3.8, 4) is 0 Å². The Balaban J connectivity index is 1.37. The van der Waals surface area contributed by atoms with Crippen LogP contribution in [0.5, 0.6) is 0 Å². The fourth-order valence-electron chi connectivity index (χ4n) is 8.54. The first kappa shape index (κ1) is 22.9. The first-order chi connectivity index (χ1) is 17.0. The second kappa shape index (κ2) is 6.98. The zero-order chi connectivity index (χ0) is 25.3. The molecule has 0 radical (unpaired) electrons. The molecule has 5 aliphatic rings. The summed E-state index contributed by atoms with van der Waals surface area (Å²) < 4.78 is 12.8. The van der Waals surface area contributed by atoms with Gasteiger partial charge in [0.2, 0.25) is 0 Å². The molecule has 6 heteroatoms. The normalized spacial score (nSPS) is 42.5. The summed E-state index contributed by atoms with van der Waals surface area (Å²) >= 11 is 0. The number of hydrogen-bond donors (Lipinski definition) is 2. The van der Waals surface area contributed by atoms with E-state index in [0.29, 0.717) is 6.42 Å². The number of hydrogen-bond acceptors (Lipinski definition) is 6. The number of allylic oxidation sites excluding steroid dienone is 3. The van der Waals surface area contributed by atoms with Crippen LogP contribution in [-0.2, 0) is 4.74 Å². The topological polar surface area (TPSA) is 79.0 Å². The van der Waals surface area contributed by atoms with Crippen molar-refractivity contribution in [2.75, 3.05) is 14.1 Å². The Morgan fingerprint density at radius 3 is 2.69 bits per heavy atom. The second-order valence-electron chi connectivity index (χ2n) is 12.7. The molecule has 0 amide bonds. The van der Waals surface area contributed by atoms with Crippen LogP contribution in [-0.4, -0.2) is 63.6 Å². The van der Waals surface area contributed by atoms with Gasteiger partial charge in [-0.15, -0.1) is 0 Å². The van der Waals surface area contributed by atoms with Gasteiger partial charge in [0.1, 0.15) is 11.6 Å². The van der Waals surface area contributed by atoms with E-state index in [0.717, 1.165) is 35.9 Å². The van der Waals surface area contributed by atoms with Gasteiger partial charge in [-0.3, -0.25) is 0 Å². The second-order valence-corrected chi connectivity index (χ2v) is 12.7. The molecule has 2 bridgehead atoms. The first-order valence-electron chi connectivity index (χ1n) is 13.2. The molecule has 1 aromatic carbocycles. The number of ether oxygens (including phenoxy) is 1. The Labute approximate surface area is 212 Å². The van der Waals surface area contributed by atoms with Gasteiger partial charge in [0.15, 0.2) is 12.0 Å². The van der Waals surface area contributed by atoms with E-state index in [2.05, 4.69) is 56.1 Å². The Morgan fingerprint density at radius 1 is 1.11 bits per heavy atom. The third-order valence-corrected chi connectivity index (χ3v) is 10.7. The molecular weight excluding hydrogens is 452 g/mol. The summed E-state index contributed by atoms with van der Waals surface area (Å²) in [5.41, 5.74) is 5.12. The van der Waals surface area contributed by atoms with Crippen molar-refractivity contribution >= 4 is 16.7 Å². The average molecular weight is 489 g/mol. The molecule has 1 aromatic heterocycles. The molecule has 2 aromatic rings. The summed E-state index contributed by atoms with van der Waals surface area (Å²) in [7, 11) is 3.95. The fraction of sp³-hybridized carbons (Fsp3) is 0.567. The van der Waals surface area contributed by atoms with Gasteiger partial charge in [0.05, 0.1) is 17.3 Å². The molecule has 190 valence electrons. The molecule has 36 heavy (non-hydrogen) atoms. The van der Waals surface area contributed by atoms with Gasteiger partial charge in [0.25, 0.3) is 0 Å². The maximum absolute atomic E-state index is 11.2. The summed E-state index contributed by atoms with van der Waals surface area (Å²) in [5.74, 6) is 0.280. The fourth-order valence-corrected chi connectivity index (χ4v) is 8.54. The van der Waals surface area contributed by atoms with Crippen LogP contribution >= 0.6 is 0 Å². The summed E-state index contributed by atoms with van der Waals surface area (Å²) in [6.07, 6.45) is 10.3. The lowest BCUT2D eigenvalue weighted by Gasteiger charge is -2.60. The molecule has 7 atom stereocenters. The van der Waals surface area contributed by atoms with Crippen LogP contribution < -0.4 is 0 Å². The number of rotatable bonds is 2. The number of nitrogens with zero attached hydrogens (tertiary/aromatic N) is 2. The Bertz CT molecular complexity index is 1370. The van der Waals surface area contributed by atoms with Gasteiger partial charge in [0, 0.05) is 17.4 Å². The van der Waals surface area contributed by atoms with Gasteiger partial charge in [-0.2, -0.15) is 0 Å². The summed E-state index contributed by atoms with van der Waals surface area (Å²) in [6, 6.07) is 6.20. The third-order valence-electron chi connectivity index (χ3n) is 10.7. The largest absolute Gasteiger partial charge is 0.443 e. The van der Waals surface area contributed by atoms with Crippen molar-refractivity contribution in [1.29, 1.82) is 0 Å². The van der Waals surface area contributed by atoms with Crippen LogP contribution in [0.1, 0.15) is 52.0 Å². The Kier molecular flexibility index (Phi) is 4.45. The number of aromatic nitrogens is 1. The van der Waals surface area contributed by atoms with Crippen molar-refractivity contribution in [3.05, 3.63) is 59.5 Å². The van der Waals surface area contributed by atoms with E-state index in [-0.39, 0.29) is 28.4 Å². The highest BCUT2D eigenvalue weighted by atomic mass is 16.5. The minimum absolute atomic E-state index is 0.140. The lowest BCUT2D eigenvalue weighted by atomic mass is 9.49. The quantitative estimate of drug-likeness (QED) is 0.649. The van der Waals surface area contributed by atoms with E-state index in [1.54, 1.807) is 0 Å². The zero-order valence-corrected chi connectivity index (χ0v) is 21.8. The van der Waals surface area contributed by atoms with Crippen molar-refractivity contribution in [2.24, 2.45) is 16.7 Å².